The van der Waals surface area contributed by atoms with Crippen molar-refractivity contribution in [3.8, 4) is 5.75 Å². The van der Waals surface area contributed by atoms with Crippen LogP contribution in [0.4, 0.5) is 5.13 Å². The summed E-state index contributed by atoms with van der Waals surface area (Å²) in [6.45, 7) is 1.13. The van der Waals surface area contributed by atoms with Crippen molar-refractivity contribution >= 4 is 45.6 Å². The quantitative estimate of drug-likeness (QED) is 0.691. The van der Waals surface area contributed by atoms with Gasteiger partial charge in [0.05, 0.1) is 11.6 Å². The highest BCUT2D eigenvalue weighted by molar-refractivity contribution is 7.15. The van der Waals surface area contributed by atoms with E-state index in [0.717, 1.165) is 24.5 Å². The Hall–Kier alpha value is -1.41. The van der Waals surface area contributed by atoms with Gasteiger partial charge in [0.15, 0.2) is 0 Å². The molecule has 3 rings (SSSR count). The van der Waals surface area contributed by atoms with Crippen LogP contribution in [0, 0.1) is 0 Å². The number of anilines is 1. The summed E-state index contributed by atoms with van der Waals surface area (Å²) >= 11 is 13.2. The second-order valence-corrected chi connectivity index (χ2v) is 7.37. The molecule has 1 atom stereocenters. The van der Waals surface area contributed by atoms with Gasteiger partial charge in [-0.3, -0.25) is 4.79 Å². The number of carbonyl (C=O) groups excluding carboxylic acids is 1. The van der Waals surface area contributed by atoms with Crippen LogP contribution >= 0.6 is 34.5 Å². The van der Waals surface area contributed by atoms with Gasteiger partial charge in [0, 0.05) is 18.1 Å². The Bertz CT molecular complexity index is 735. The lowest BCUT2D eigenvalue weighted by molar-refractivity contribution is -0.116. The molecule has 0 saturated carbocycles. The summed E-state index contributed by atoms with van der Waals surface area (Å²) in [5.74, 6) is 0.428. The molecule has 2 aromatic rings. The van der Waals surface area contributed by atoms with E-state index < -0.39 is 0 Å². The van der Waals surface area contributed by atoms with E-state index in [-0.39, 0.29) is 12.0 Å². The molecule has 134 valence electrons. The number of rotatable bonds is 7. The van der Waals surface area contributed by atoms with Crippen molar-refractivity contribution < 1.29 is 14.3 Å². The minimum absolute atomic E-state index is 0.0145. The summed E-state index contributed by atoms with van der Waals surface area (Å²) in [5.41, 5.74) is 0. The van der Waals surface area contributed by atoms with Crippen LogP contribution in [0.25, 0.3) is 0 Å². The Labute approximate surface area is 159 Å². The number of carbonyl (C=O) groups is 1. The number of nitrogens with zero attached hydrogens (tertiary/aromatic N) is 2. The maximum Gasteiger partial charge on any atom is 0.226 e. The van der Waals surface area contributed by atoms with E-state index in [2.05, 4.69) is 15.5 Å². The topological polar surface area (TPSA) is 73.3 Å². The third-order valence-electron chi connectivity index (χ3n) is 3.59. The molecule has 0 unspecified atom stereocenters. The summed E-state index contributed by atoms with van der Waals surface area (Å²) in [7, 11) is 0. The molecule has 0 aliphatic carbocycles. The lowest BCUT2D eigenvalue weighted by Crippen LogP contribution is -2.12. The molecule has 1 aromatic carbocycles. The first-order valence-electron chi connectivity index (χ1n) is 7.94. The fourth-order valence-corrected chi connectivity index (χ4v) is 3.68. The van der Waals surface area contributed by atoms with Crippen molar-refractivity contribution in [2.24, 2.45) is 0 Å². The van der Waals surface area contributed by atoms with Crippen LogP contribution in [0.15, 0.2) is 18.2 Å². The lowest BCUT2D eigenvalue weighted by Gasteiger charge is -2.08. The van der Waals surface area contributed by atoms with Gasteiger partial charge in [0.2, 0.25) is 11.0 Å². The maximum atomic E-state index is 12.0. The highest BCUT2D eigenvalue weighted by Gasteiger charge is 2.22. The molecule has 1 amide bonds. The fourth-order valence-electron chi connectivity index (χ4n) is 2.38. The fraction of sp³-hybridized carbons (Fsp3) is 0.438. The average molecular weight is 402 g/mol. The zero-order chi connectivity index (χ0) is 17.6. The normalized spacial score (nSPS) is 16.8. The number of aromatic nitrogens is 2. The van der Waals surface area contributed by atoms with Crippen molar-refractivity contribution in [3.05, 3.63) is 33.3 Å². The van der Waals surface area contributed by atoms with Gasteiger partial charge in [-0.1, -0.05) is 34.5 Å². The molecule has 9 heteroatoms. The average Bonchev–Trinajstić information content (AvgIpc) is 3.24. The molecule has 0 radical (unpaired) electrons. The summed E-state index contributed by atoms with van der Waals surface area (Å²) in [6, 6.07) is 5.03. The molecular formula is C16H17Cl2N3O3S. The largest absolute Gasteiger partial charge is 0.492 e. The molecular weight excluding hydrogens is 385 g/mol. The Kier molecular flexibility index (Phi) is 6.47. The first-order chi connectivity index (χ1) is 12.1. The first kappa shape index (κ1) is 18.4. The minimum atomic E-state index is -0.124. The van der Waals surface area contributed by atoms with Crippen molar-refractivity contribution in [2.75, 3.05) is 18.5 Å². The maximum absolute atomic E-state index is 12.0. The van der Waals surface area contributed by atoms with E-state index in [0.29, 0.717) is 40.4 Å². The van der Waals surface area contributed by atoms with Gasteiger partial charge in [-0.25, -0.2) is 0 Å². The van der Waals surface area contributed by atoms with Crippen LogP contribution in [-0.4, -0.2) is 29.3 Å². The van der Waals surface area contributed by atoms with Crippen LogP contribution in [0.3, 0.4) is 0 Å². The predicted octanol–water partition coefficient (Wildman–Crippen LogP) is 4.49. The number of amides is 1. The van der Waals surface area contributed by atoms with Gasteiger partial charge in [0.1, 0.15) is 16.9 Å². The Morgan fingerprint density at radius 1 is 1.40 bits per heavy atom. The molecule has 25 heavy (non-hydrogen) atoms. The molecule has 1 aliphatic heterocycles. The molecule has 1 aliphatic rings. The van der Waals surface area contributed by atoms with Crippen LogP contribution in [0.5, 0.6) is 5.75 Å². The van der Waals surface area contributed by atoms with E-state index in [4.69, 9.17) is 32.7 Å². The smallest absolute Gasteiger partial charge is 0.226 e. The molecule has 2 heterocycles. The van der Waals surface area contributed by atoms with Gasteiger partial charge < -0.3 is 14.8 Å². The number of hydrogen-bond donors (Lipinski definition) is 1. The molecule has 6 nitrogen and oxygen atoms in total. The van der Waals surface area contributed by atoms with E-state index in [1.165, 1.54) is 11.3 Å². The van der Waals surface area contributed by atoms with Crippen molar-refractivity contribution in [1.82, 2.24) is 10.2 Å². The number of ether oxygens (including phenoxy) is 2. The van der Waals surface area contributed by atoms with E-state index in [1.54, 1.807) is 18.2 Å². The molecule has 0 spiro atoms. The Balaban J connectivity index is 1.39. The van der Waals surface area contributed by atoms with Gasteiger partial charge in [-0.05, 0) is 37.5 Å². The van der Waals surface area contributed by atoms with E-state index in [1.807, 2.05) is 0 Å². The lowest BCUT2D eigenvalue weighted by atomic mass is 10.2. The third kappa shape index (κ3) is 5.28. The number of nitrogens with one attached hydrogen (secondary N) is 1. The summed E-state index contributed by atoms with van der Waals surface area (Å²) in [4.78, 5) is 12.0. The number of hydrogen-bond acceptors (Lipinski definition) is 6. The van der Waals surface area contributed by atoms with Crippen LogP contribution in [0.2, 0.25) is 10.0 Å². The molecule has 1 N–H and O–H groups in total. The van der Waals surface area contributed by atoms with Gasteiger partial charge in [0.25, 0.3) is 0 Å². The Morgan fingerprint density at radius 2 is 2.28 bits per heavy atom. The van der Waals surface area contributed by atoms with Crippen molar-refractivity contribution in [2.45, 2.75) is 31.8 Å². The summed E-state index contributed by atoms with van der Waals surface area (Å²) < 4.78 is 11.1. The first-order valence-corrected chi connectivity index (χ1v) is 9.52. The summed E-state index contributed by atoms with van der Waals surface area (Å²) in [5, 5.41) is 13.1. The highest BCUT2D eigenvalue weighted by Crippen LogP contribution is 2.32. The van der Waals surface area contributed by atoms with Gasteiger partial charge in [-0.15, -0.1) is 10.2 Å². The molecule has 1 aromatic heterocycles. The standard InChI is InChI=1S/C16H17Cl2N3O3S/c17-10-5-6-12(11(18)9-10)23-8-2-4-14(22)19-16-21-20-15(25-16)13-3-1-7-24-13/h5-6,9,13H,1-4,7-8H2,(H,19,21,22)/t13-/m0/s1. The molecule has 0 bridgehead atoms. The van der Waals surface area contributed by atoms with E-state index >= 15 is 0 Å². The monoisotopic (exact) mass is 401 g/mol. The second kappa shape index (κ2) is 8.80. The van der Waals surface area contributed by atoms with Gasteiger partial charge >= 0.3 is 0 Å². The van der Waals surface area contributed by atoms with Gasteiger partial charge in [-0.2, -0.15) is 0 Å². The SMILES string of the molecule is O=C(CCCOc1ccc(Cl)cc1Cl)Nc1nnc([C@@H]2CCCO2)s1. The molecule has 1 fully saturated rings. The molecule has 1 saturated heterocycles. The second-order valence-electron chi connectivity index (χ2n) is 5.52. The zero-order valence-electron chi connectivity index (χ0n) is 13.3. The van der Waals surface area contributed by atoms with Crippen LogP contribution in [-0.2, 0) is 9.53 Å². The van der Waals surface area contributed by atoms with Crippen molar-refractivity contribution in [3.63, 3.8) is 0 Å². The third-order valence-corrected chi connectivity index (χ3v) is 5.05. The zero-order valence-corrected chi connectivity index (χ0v) is 15.7. The van der Waals surface area contributed by atoms with Crippen LogP contribution < -0.4 is 10.1 Å². The Morgan fingerprint density at radius 3 is 3.04 bits per heavy atom. The number of benzene rings is 1. The van der Waals surface area contributed by atoms with Crippen molar-refractivity contribution in [1.29, 1.82) is 0 Å². The predicted molar refractivity (Wildman–Crippen MR) is 97.7 cm³/mol. The van der Waals surface area contributed by atoms with E-state index in [9.17, 15) is 4.79 Å². The highest BCUT2D eigenvalue weighted by atomic mass is 35.5. The van der Waals surface area contributed by atoms with Crippen LogP contribution in [0.1, 0.15) is 36.8 Å². The minimum Gasteiger partial charge on any atom is -0.492 e. The number of halogens is 2. The summed E-state index contributed by atoms with van der Waals surface area (Å²) in [6.07, 6.45) is 2.87.